The highest BCUT2D eigenvalue weighted by atomic mass is 32.1. The van der Waals surface area contributed by atoms with Crippen LogP contribution < -0.4 is 10.6 Å². The minimum atomic E-state index is -4.51. The Morgan fingerprint density at radius 1 is 1.16 bits per heavy atom. The molecule has 0 fully saturated rings. The van der Waals surface area contributed by atoms with E-state index in [0.29, 0.717) is 34.4 Å². The van der Waals surface area contributed by atoms with Gasteiger partial charge < -0.3 is 10.6 Å². The Balaban J connectivity index is 1.73. The van der Waals surface area contributed by atoms with Crippen molar-refractivity contribution in [3.8, 4) is 11.3 Å². The van der Waals surface area contributed by atoms with Gasteiger partial charge in [-0.2, -0.15) is 13.2 Å². The molecule has 2 aromatic heterocycles. The molecule has 0 bridgehead atoms. The van der Waals surface area contributed by atoms with Gasteiger partial charge in [0.05, 0.1) is 17.8 Å². The van der Waals surface area contributed by atoms with Crippen LogP contribution in [0.4, 0.5) is 24.1 Å². The number of hydrogen-bond acceptors (Lipinski definition) is 6. The van der Waals surface area contributed by atoms with Crippen molar-refractivity contribution in [2.45, 2.75) is 19.0 Å². The normalized spacial score (nSPS) is 12.1. The fourth-order valence-electron chi connectivity index (χ4n) is 2.53. The number of hydrogen-bond donors (Lipinski definition) is 2. The summed E-state index contributed by atoms with van der Waals surface area (Å²) in [4.78, 5) is 26.5. The van der Waals surface area contributed by atoms with E-state index in [-0.39, 0.29) is 10.9 Å². The van der Waals surface area contributed by atoms with Gasteiger partial charge in [0.1, 0.15) is 4.88 Å². The van der Waals surface area contributed by atoms with Crippen LogP contribution in [0.1, 0.15) is 23.3 Å². The molecule has 160 valence electrons. The zero-order chi connectivity index (χ0) is 22.6. The van der Waals surface area contributed by atoms with Gasteiger partial charge in [-0.15, -0.1) is 10.2 Å². The van der Waals surface area contributed by atoms with Gasteiger partial charge in [0, 0.05) is 5.56 Å². The van der Waals surface area contributed by atoms with Crippen molar-refractivity contribution in [3.63, 3.8) is 0 Å². The average molecular weight is 447 g/mol. The zero-order valence-electron chi connectivity index (χ0n) is 16.1. The fourth-order valence-corrected chi connectivity index (χ4v) is 3.21. The second kappa shape index (κ2) is 9.04. The Bertz CT molecular complexity index is 1110. The second-order valence-electron chi connectivity index (χ2n) is 6.36. The molecular weight excluding hydrogens is 431 g/mol. The lowest BCUT2D eigenvalue weighted by atomic mass is 9.97. The summed E-state index contributed by atoms with van der Waals surface area (Å²) >= 11 is 0.365. The van der Waals surface area contributed by atoms with Gasteiger partial charge in [0.15, 0.2) is 10.9 Å². The maximum atomic E-state index is 12.7. The zero-order valence-corrected chi connectivity index (χ0v) is 16.9. The molecule has 3 rings (SSSR count). The summed E-state index contributed by atoms with van der Waals surface area (Å²) in [6.45, 7) is 4.99. The highest BCUT2D eigenvalue weighted by Gasteiger charge is 2.33. The molecule has 0 spiro atoms. The molecule has 11 heteroatoms. The molecule has 31 heavy (non-hydrogen) atoms. The summed E-state index contributed by atoms with van der Waals surface area (Å²) < 4.78 is 38.1. The third kappa shape index (κ3) is 5.51. The fraction of sp³-hybridized carbons (Fsp3) is 0.150. The van der Waals surface area contributed by atoms with E-state index >= 15 is 0 Å². The molecule has 7 nitrogen and oxygen atoms in total. The first kappa shape index (κ1) is 22.1. The van der Waals surface area contributed by atoms with E-state index in [1.807, 2.05) is 0 Å². The first-order chi connectivity index (χ1) is 14.7. The Labute approximate surface area is 179 Å². The van der Waals surface area contributed by atoms with E-state index in [0.717, 1.165) is 6.08 Å². The third-order valence-electron chi connectivity index (χ3n) is 4.19. The van der Waals surface area contributed by atoms with E-state index < -0.39 is 28.8 Å². The molecule has 0 aliphatic rings. The number of carbonyl (C=O) groups excluding carboxylic acids is 2. The van der Waals surface area contributed by atoms with E-state index in [9.17, 15) is 22.8 Å². The van der Waals surface area contributed by atoms with Gasteiger partial charge in [-0.05, 0) is 36.8 Å². The number of alkyl halides is 3. The van der Waals surface area contributed by atoms with Crippen LogP contribution in [-0.2, 0) is 15.8 Å². The number of benzene rings is 1. The number of amides is 2. The van der Waals surface area contributed by atoms with Crippen molar-refractivity contribution in [2.75, 3.05) is 10.6 Å². The van der Waals surface area contributed by atoms with Crippen molar-refractivity contribution < 1.29 is 22.8 Å². The monoisotopic (exact) mass is 447 g/mol. The van der Waals surface area contributed by atoms with Crippen LogP contribution in [0.25, 0.3) is 11.3 Å². The molecule has 1 unspecified atom stereocenters. The summed E-state index contributed by atoms with van der Waals surface area (Å²) in [5, 5.41) is 12.8. The number of nitrogens with one attached hydrogen (secondary N) is 2. The van der Waals surface area contributed by atoms with Crippen LogP contribution in [0, 0.1) is 0 Å². The molecule has 2 N–H and O–H groups in total. The number of halogens is 3. The van der Waals surface area contributed by atoms with Crippen molar-refractivity contribution in [3.05, 3.63) is 65.7 Å². The number of anilines is 2. The predicted octanol–water partition coefficient (Wildman–Crippen LogP) is 4.49. The molecule has 2 amide bonds. The van der Waals surface area contributed by atoms with Gasteiger partial charge >= 0.3 is 6.18 Å². The highest BCUT2D eigenvalue weighted by Crippen LogP contribution is 2.35. The molecule has 2 heterocycles. The van der Waals surface area contributed by atoms with Crippen LogP contribution >= 0.6 is 11.3 Å². The molecule has 3 aromatic rings. The lowest BCUT2D eigenvalue weighted by Gasteiger charge is -2.12. The standard InChI is InChI=1S/C20H16F3N5O2S/c1-3-17(29)25-16-8-7-14(27-28-16)13-6-4-5-12(9-13)11(2)18(30)26-19-24-10-15(31-19)20(21,22)23/h3-11H,1H2,2H3,(H,24,26,30)(H,25,28,29). The summed E-state index contributed by atoms with van der Waals surface area (Å²) in [5.74, 6) is -1.29. The van der Waals surface area contributed by atoms with Gasteiger partial charge in [-0.25, -0.2) is 4.98 Å². The van der Waals surface area contributed by atoms with Gasteiger partial charge in [0.25, 0.3) is 0 Å². The number of rotatable bonds is 6. The van der Waals surface area contributed by atoms with Crippen LogP contribution in [0.3, 0.4) is 0 Å². The van der Waals surface area contributed by atoms with E-state index in [4.69, 9.17) is 0 Å². The van der Waals surface area contributed by atoms with Gasteiger partial charge in [-0.3, -0.25) is 9.59 Å². The number of thiazole rings is 1. The third-order valence-corrected chi connectivity index (χ3v) is 5.15. The minimum absolute atomic E-state index is 0.122. The first-order valence-corrected chi connectivity index (χ1v) is 9.70. The molecular formula is C20H16F3N5O2S. The average Bonchev–Trinajstić information content (AvgIpc) is 3.23. The maximum absolute atomic E-state index is 12.7. The van der Waals surface area contributed by atoms with Crippen LogP contribution in [0.2, 0.25) is 0 Å². The second-order valence-corrected chi connectivity index (χ2v) is 7.39. The molecule has 0 saturated carbocycles. The first-order valence-electron chi connectivity index (χ1n) is 8.88. The Kier molecular flexibility index (Phi) is 6.44. The molecule has 0 saturated heterocycles. The van der Waals surface area contributed by atoms with Crippen molar-refractivity contribution in [1.29, 1.82) is 0 Å². The van der Waals surface area contributed by atoms with Crippen LogP contribution in [-0.4, -0.2) is 27.0 Å². The molecule has 0 aliphatic heterocycles. The summed E-state index contributed by atoms with van der Waals surface area (Å²) in [5.41, 5.74) is 1.83. The maximum Gasteiger partial charge on any atom is 0.427 e. The number of carbonyl (C=O) groups is 2. The SMILES string of the molecule is C=CC(=O)Nc1ccc(-c2cccc(C(C)C(=O)Nc3ncc(C(F)(F)F)s3)c2)nn1. The largest absolute Gasteiger partial charge is 0.427 e. The number of nitrogens with zero attached hydrogens (tertiary/aromatic N) is 3. The molecule has 1 atom stereocenters. The quantitative estimate of drug-likeness (QED) is 0.543. The van der Waals surface area contributed by atoms with Gasteiger partial charge in [-0.1, -0.05) is 36.1 Å². The van der Waals surface area contributed by atoms with Crippen LogP contribution in [0.15, 0.2) is 55.3 Å². The Hall–Kier alpha value is -3.60. The predicted molar refractivity (Wildman–Crippen MR) is 110 cm³/mol. The Morgan fingerprint density at radius 2 is 1.94 bits per heavy atom. The Morgan fingerprint density at radius 3 is 2.55 bits per heavy atom. The summed E-state index contributed by atoms with van der Waals surface area (Å²) in [7, 11) is 0. The molecule has 1 aromatic carbocycles. The van der Waals surface area contributed by atoms with Crippen molar-refractivity contribution in [1.82, 2.24) is 15.2 Å². The van der Waals surface area contributed by atoms with E-state index in [1.165, 1.54) is 0 Å². The topological polar surface area (TPSA) is 96.9 Å². The summed E-state index contributed by atoms with van der Waals surface area (Å²) in [6, 6.07) is 10.2. The lowest BCUT2D eigenvalue weighted by Crippen LogP contribution is -2.18. The minimum Gasteiger partial charge on any atom is -0.306 e. The van der Waals surface area contributed by atoms with Crippen molar-refractivity contribution in [2.24, 2.45) is 0 Å². The van der Waals surface area contributed by atoms with Gasteiger partial charge in [0.2, 0.25) is 11.8 Å². The van der Waals surface area contributed by atoms with Crippen molar-refractivity contribution >= 4 is 34.1 Å². The highest BCUT2D eigenvalue weighted by molar-refractivity contribution is 7.15. The lowest BCUT2D eigenvalue weighted by molar-refractivity contribution is -0.134. The molecule has 0 aliphatic carbocycles. The summed E-state index contributed by atoms with van der Waals surface area (Å²) in [6.07, 6.45) is -2.71. The molecule has 0 radical (unpaired) electrons. The van der Waals surface area contributed by atoms with E-state index in [1.54, 1.807) is 43.3 Å². The van der Waals surface area contributed by atoms with E-state index in [2.05, 4.69) is 32.4 Å². The van der Waals surface area contributed by atoms with Crippen LogP contribution in [0.5, 0.6) is 0 Å². The number of aromatic nitrogens is 3. The smallest absolute Gasteiger partial charge is 0.306 e.